The van der Waals surface area contributed by atoms with E-state index < -0.39 is 0 Å². The van der Waals surface area contributed by atoms with Crippen LogP contribution in [0.5, 0.6) is 0 Å². The van der Waals surface area contributed by atoms with Gasteiger partial charge in [-0.05, 0) is 91.3 Å². The molecule has 6 rings (SSSR count). The van der Waals surface area contributed by atoms with E-state index >= 15 is 0 Å². The molecule has 1 heterocycles. The summed E-state index contributed by atoms with van der Waals surface area (Å²) in [6.07, 6.45) is 8.25. The number of nitrogens with one attached hydrogen (secondary N) is 2. The van der Waals surface area contributed by atoms with Gasteiger partial charge >= 0.3 is 0 Å². The van der Waals surface area contributed by atoms with Crippen LogP contribution in [0.2, 0.25) is 0 Å². The summed E-state index contributed by atoms with van der Waals surface area (Å²) < 4.78 is 1.13. The topological polar surface area (TPSA) is 24.1 Å². The Labute approximate surface area is 157 Å². The lowest BCUT2D eigenvalue weighted by molar-refractivity contribution is 0.0674. The van der Waals surface area contributed by atoms with Crippen molar-refractivity contribution in [2.24, 2.45) is 23.7 Å². The van der Waals surface area contributed by atoms with Crippen LogP contribution in [0.25, 0.3) is 0 Å². The normalized spacial score (nSPS) is 37.4. The lowest BCUT2D eigenvalue weighted by atomic mass is 9.53. The third-order valence-electron chi connectivity index (χ3n) is 6.62. The zero-order valence-electron chi connectivity index (χ0n) is 13.7. The summed E-state index contributed by atoms with van der Waals surface area (Å²) in [4.78, 5) is 0. The first kappa shape index (κ1) is 15.4. The van der Waals surface area contributed by atoms with Crippen molar-refractivity contribution in [1.29, 1.82) is 0 Å². The van der Waals surface area contributed by atoms with Gasteiger partial charge in [0.2, 0.25) is 0 Å². The highest BCUT2D eigenvalue weighted by atomic mass is 79.9. The highest BCUT2D eigenvalue weighted by molar-refractivity contribution is 9.10. The van der Waals surface area contributed by atoms with Gasteiger partial charge in [-0.15, -0.1) is 0 Å². The highest BCUT2D eigenvalue weighted by Gasteiger charge is 2.46. The minimum Gasteiger partial charge on any atom is -0.355 e. The first-order valence-corrected chi connectivity index (χ1v) is 10.4. The molecule has 24 heavy (non-hydrogen) atoms. The van der Waals surface area contributed by atoms with Gasteiger partial charge in [0.15, 0.2) is 5.11 Å². The van der Waals surface area contributed by atoms with E-state index in [0.29, 0.717) is 6.04 Å². The third-order valence-corrected chi connectivity index (χ3v) is 7.37. The van der Waals surface area contributed by atoms with Crippen LogP contribution in [0.4, 0.5) is 0 Å². The van der Waals surface area contributed by atoms with Gasteiger partial charge in [-0.2, -0.15) is 0 Å². The second-order valence-corrected chi connectivity index (χ2v) is 9.47. The van der Waals surface area contributed by atoms with E-state index in [9.17, 15) is 0 Å². The zero-order valence-corrected chi connectivity index (χ0v) is 16.1. The van der Waals surface area contributed by atoms with Crippen molar-refractivity contribution in [1.82, 2.24) is 10.6 Å². The molecule has 2 nitrogen and oxygen atoms in total. The molecule has 0 amide bonds. The van der Waals surface area contributed by atoms with Crippen LogP contribution in [-0.2, 0) is 0 Å². The molecule has 0 radical (unpaired) electrons. The average molecular weight is 403 g/mol. The van der Waals surface area contributed by atoms with Crippen molar-refractivity contribution in [2.45, 2.75) is 44.6 Å². The van der Waals surface area contributed by atoms with Crippen LogP contribution in [0.15, 0.2) is 40.0 Å². The molecule has 0 unspecified atom stereocenters. The Hall–Kier alpha value is -0.870. The zero-order chi connectivity index (χ0) is 16.3. The first-order chi connectivity index (χ1) is 11.7. The second-order valence-electron chi connectivity index (χ2n) is 8.15. The standard InChI is InChI=1S/C20H23BrN2S/c21-16-3-1-13(2-4-16)17-10-18(23-20(24)22-17)19-14-6-11-5-12(8-14)9-15(19)7-11/h1-4,11-12,14-15,17H,5-10H2,(H2,22,23,24)/t11?,12?,14?,15?,17-/m0/s1. The molecule has 1 aliphatic heterocycles. The second kappa shape index (κ2) is 5.84. The Kier molecular flexibility index (Phi) is 3.75. The molecule has 5 aliphatic rings. The molecule has 4 saturated carbocycles. The van der Waals surface area contributed by atoms with E-state index in [2.05, 4.69) is 50.8 Å². The van der Waals surface area contributed by atoms with E-state index in [4.69, 9.17) is 12.2 Å². The minimum atomic E-state index is 0.298. The number of benzene rings is 1. The summed E-state index contributed by atoms with van der Waals surface area (Å²) in [6, 6.07) is 8.95. The van der Waals surface area contributed by atoms with Gasteiger partial charge in [0.1, 0.15) is 0 Å². The molecule has 126 valence electrons. The Balaban J connectivity index is 1.47. The molecule has 4 heteroatoms. The molecule has 0 aromatic heterocycles. The molecule has 5 fully saturated rings. The summed E-state index contributed by atoms with van der Waals surface area (Å²) in [5.74, 6) is 3.67. The fraction of sp³-hybridized carbons (Fsp3) is 0.550. The SMILES string of the molecule is S=C1NC(=C2C3CC4CC(C3)CC2C4)C[C@@H](c2ccc(Br)cc2)N1. The van der Waals surface area contributed by atoms with E-state index in [1.54, 1.807) is 5.57 Å². The summed E-state index contributed by atoms with van der Waals surface area (Å²) in [5, 5.41) is 7.82. The molecular formula is C20H23BrN2S. The highest BCUT2D eigenvalue weighted by Crippen LogP contribution is 2.57. The Morgan fingerprint density at radius 1 is 0.917 bits per heavy atom. The fourth-order valence-electron chi connectivity index (χ4n) is 5.91. The summed E-state index contributed by atoms with van der Waals surface area (Å²) >= 11 is 9.08. The van der Waals surface area contributed by atoms with Crippen molar-refractivity contribution in [3.8, 4) is 0 Å². The van der Waals surface area contributed by atoms with Crippen molar-refractivity contribution in [3.05, 3.63) is 45.6 Å². The van der Waals surface area contributed by atoms with Crippen molar-refractivity contribution < 1.29 is 0 Å². The number of rotatable bonds is 1. The number of hydrogen-bond acceptors (Lipinski definition) is 1. The van der Waals surface area contributed by atoms with E-state index in [1.807, 2.05) is 0 Å². The lowest BCUT2D eigenvalue weighted by Crippen LogP contribution is -2.47. The fourth-order valence-corrected chi connectivity index (χ4v) is 6.44. The molecule has 4 bridgehead atoms. The summed E-state index contributed by atoms with van der Waals surface area (Å²) in [5.41, 5.74) is 4.51. The van der Waals surface area contributed by atoms with Gasteiger partial charge in [-0.25, -0.2) is 0 Å². The summed E-state index contributed by atoms with van der Waals surface area (Å²) in [7, 11) is 0. The van der Waals surface area contributed by atoms with Crippen LogP contribution >= 0.6 is 28.1 Å². The Morgan fingerprint density at radius 3 is 2.17 bits per heavy atom. The van der Waals surface area contributed by atoms with Crippen LogP contribution in [-0.4, -0.2) is 5.11 Å². The van der Waals surface area contributed by atoms with Gasteiger partial charge in [0.05, 0.1) is 6.04 Å². The quantitative estimate of drug-likeness (QED) is 0.641. The van der Waals surface area contributed by atoms with Crippen LogP contribution in [0.1, 0.15) is 50.1 Å². The predicted octanol–water partition coefficient (Wildman–Crippen LogP) is 5.07. The van der Waals surface area contributed by atoms with Gasteiger partial charge in [0, 0.05) is 16.6 Å². The van der Waals surface area contributed by atoms with E-state index in [-0.39, 0.29) is 0 Å². The van der Waals surface area contributed by atoms with Crippen LogP contribution < -0.4 is 10.6 Å². The van der Waals surface area contributed by atoms with Crippen LogP contribution in [0, 0.1) is 23.7 Å². The monoisotopic (exact) mass is 402 g/mol. The lowest BCUT2D eigenvalue weighted by Gasteiger charge is -2.52. The molecule has 4 aliphatic carbocycles. The van der Waals surface area contributed by atoms with Gasteiger partial charge in [-0.1, -0.05) is 28.1 Å². The molecular weight excluding hydrogens is 380 g/mol. The minimum absolute atomic E-state index is 0.298. The maximum atomic E-state index is 5.55. The summed E-state index contributed by atoms with van der Waals surface area (Å²) in [6.45, 7) is 0. The maximum Gasteiger partial charge on any atom is 0.171 e. The molecule has 1 aromatic carbocycles. The largest absolute Gasteiger partial charge is 0.355 e. The van der Waals surface area contributed by atoms with Gasteiger partial charge in [0.25, 0.3) is 0 Å². The Morgan fingerprint density at radius 2 is 1.54 bits per heavy atom. The molecule has 1 saturated heterocycles. The van der Waals surface area contributed by atoms with E-state index in [0.717, 1.165) is 39.7 Å². The molecule has 1 atom stereocenters. The van der Waals surface area contributed by atoms with Gasteiger partial charge < -0.3 is 10.6 Å². The number of halogens is 1. The van der Waals surface area contributed by atoms with Crippen molar-refractivity contribution in [2.75, 3.05) is 0 Å². The number of thiocarbonyl (C=S) groups is 1. The smallest absolute Gasteiger partial charge is 0.171 e. The Bertz CT molecular complexity index is 679. The van der Waals surface area contributed by atoms with Crippen molar-refractivity contribution >= 4 is 33.3 Å². The molecule has 0 spiro atoms. The van der Waals surface area contributed by atoms with Crippen LogP contribution in [0.3, 0.4) is 0 Å². The average Bonchev–Trinajstić information content (AvgIpc) is 2.54. The number of hydrogen-bond donors (Lipinski definition) is 2. The maximum absolute atomic E-state index is 5.55. The van der Waals surface area contributed by atoms with Crippen molar-refractivity contribution in [3.63, 3.8) is 0 Å². The van der Waals surface area contributed by atoms with E-state index in [1.165, 1.54) is 43.4 Å². The third kappa shape index (κ3) is 2.62. The predicted molar refractivity (Wildman–Crippen MR) is 104 cm³/mol. The van der Waals surface area contributed by atoms with Gasteiger partial charge in [-0.3, -0.25) is 0 Å². The number of allylic oxidation sites excluding steroid dienone is 1. The first-order valence-electron chi connectivity index (χ1n) is 9.21. The molecule has 1 aromatic rings. The molecule has 2 N–H and O–H groups in total.